The average Bonchev–Trinajstić information content (AvgIpc) is 3.11. The van der Waals surface area contributed by atoms with Crippen molar-refractivity contribution in [3.8, 4) is 5.75 Å². The molecule has 0 saturated carbocycles. The number of nitrogens with one attached hydrogen (secondary N) is 2. The number of urea groups is 1. The van der Waals surface area contributed by atoms with Crippen LogP contribution >= 0.6 is 0 Å². The van der Waals surface area contributed by atoms with E-state index in [1.165, 1.54) is 22.6 Å². The molecule has 2 heterocycles. The van der Waals surface area contributed by atoms with E-state index in [1.807, 2.05) is 0 Å². The van der Waals surface area contributed by atoms with Gasteiger partial charge in [-0.25, -0.2) is 17.6 Å². The molecule has 1 aromatic heterocycles. The predicted octanol–water partition coefficient (Wildman–Crippen LogP) is 2.67. The van der Waals surface area contributed by atoms with Crippen LogP contribution in [0.1, 0.15) is 13.3 Å². The van der Waals surface area contributed by atoms with Crippen LogP contribution in [0.25, 0.3) is 0 Å². The fraction of sp³-hybridized carbons (Fsp3) is 0.333. The lowest BCUT2D eigenvalue weighted by Crippen LogP contribution is -2.32. The topological polar surface area (TPSA) is 101 Å². The Balaban J connectivity index is 1.63. The predicted molar refractivity (Wildman–Crippen MR) is 103 cm³/mol. The molecule has 0 aliphatic carbocycles. The average molecular weight is 408 g/mol. The van der Waals surface area contributed by atoms with E-state index in [0.717, 1.165) is 6.07 Å². The number of aromatic nitrogens is 1. The zero-order valence-electron chi connectivity index (χ0n) is 15.3. The van der Waals surface area contributed by atoms with Gasteiger partial charge in [0.25, 0.3) is 0 Å². The van der Waals surface area contributed by atoms with E-state index in [4.69, 9.17) is 4.74 Å². The fourth-order valence-electron chi connectivity index (χ4n) is 2.85. The zero-order chi connectivity index (χ0) is 20.1. The summed E-state index contributed by atoms with van der Waals surface area (Å²) < 4.78 is 44.9. The number of anilines is 2. The van der Waals surface area contributed by atoms with Gasteiger partial charge >= 0.3 is 6.03 Å². The van der Waals surface area contributed by atoms with Crippen LogP contribution in [0.4, 0.5) is 20.6 Å². The van der Waals surface area contributed by atoms with Crippen molar-refractivity contribution in [1.29, 1.82) is 0 Å². The summed E-state index contributed by atoms with van der Waals surface area (Å²) in [4.78, 5) is 15.9. The molecule has 3 rings (SSSR count). The van der Waals surface area contributed by atoms with Crippen molar-refractivity contribution in [2.24, 2.45) is 0 Å². The second-order valence-corrected chi connectivity index (χ2v) is 8.54. The van der Waals surface area contributed by atoms with E-state index in [0.29, 0.717) is 18.7 Å². The zero-order valence-corrected chi connectivity index (χ0v) is 16.1. The van der Waals surface area contributed by atoms with Gasteiger partial charge in [-0.05, 0) is 31.5 Å². The van der Waals surface area contributed by atoms with Crippen molar-refractivity contribution in [2.75, 3.05) is 29.5 Å². The van der Waals surface area contributed by atoms with E-state index >= 15 is 0 Å². The van der Waals surface area contributed by atoms with Gasteiger partial charge in [-0.15, -0.1) is 0 Å². The SMILES string of the molecule is CCS(=O)(=O)N1CC[C@H](Oc2cc(F)cc(NC(=O)Nc3cccnc3)c2)C1. The molecule has 1 aromatic carbocycles. The Labute approximate surface area is 162 Å². The van der Waals surface area contributed by atoms with Crippen LogP contribution in [0, 0.1) is 5.82 Å². The number of hydrogen-bond donors (Lipinski definition) is 2. The maximum atomic E-state index is 13.9. The van der Waals surface area contributed by atoms with E-state index in [-0.39, 0.29) is 29.8 Å². The minimum atomic E-state index is -3.28. The van der Waals surface area contributed by atoms with Crippen molar-refractivity contribution in [2.45, 2.75) is 19.4 Å². The third kappa shape index (κ3) is 5.17. The van der Waals surface area contributed by atoms with E-state index in [1.54, 1.807) is 25.3 Å². The van der Waals surface area contributed by atoms with Crippen LogP contribution in [-0.4, -0.2) is 48.7 Å². The molecule has 10 heteroatoms. The van der Waals surface area contributed by atoms with Crippen LogP contribution < -0.4 is 15.4 Å². The number of sulfonamides is 1. The molecule has 0 unspecified atom stereocenters. The largest absolute Gasteiger partial charge is 0.489 e. The molecule has 1 atom stereocenters. The maximum absolute atomic E-state index is 13.9. The highest BCUT2D eigenvalue weighted by atomic mass is 32.2. The molecule has 0 bridgehead atoms. The van der Waals surface area contributed by atoms with Crippen molar-refractivity contribution < 1.29 is 22.3 Å². The lowest BCUT2D eigenvalue weighted by Gasteiger charge is -2.17. The Kier molecular flexibility index (Phi) is 6.10. The summed E-state index contributed by atoms with van der Waals surface area (Å²) >= 11 is 0. The number of pyridine rings is 1. The first-order valence-corrected chi connectivity index (χ1v) is 10.4. The van der Waals surface area contributed by atoms with E-state index in [2.05, 4.69) is 15.6 Å². The van der Waals surface area contributed by atoms with Gasteiger partial charge in [-0.3, -0.25) is 4.98 Å². The molecule has 1 aliphatic heterocycles. The summed E-state index contributed by atoms with van der Waals surface area (Å²) in [6.07, 6.45) is 3.20. The molecule has 0 spiro atoms. The van der Waals surface area contributed by atoms with Gasteiger partial charge in [-0.2, -0.15) is 4.31 Å². The van der Waals surface area contributed by atoms with Crippen LogP contribution in [0.2, 0.25) is 0 Å². The summed E-state index contributed by atoms with van der Waals surface area (Å²) in [5.74, 6) is -0.331. The first-order valence-electron chi connectivity index (χ1n) is 8.79. The molecular weight excluding hydrogens is 387 g/mol. The number of carbonyl (C=O) groups is 1. The first-order chi connectivity index (χ1) is 13.4. The van der Waals surface area contributed by atoms with Crippen LogP contribution in [0.3, 0.4) is 0 Å². The fourth-order valence-corrected chi connectivity index (χ4v) is 4.00. The van der Waals surface area contributed by atoms with Crippen LogP contribution in [0.15, 0.2) is 42.7 Å². The quantitative estimate of drug-likeness (QED) is 0.765. The summed E-state index contributed by atoms with van der Waals surface area (Å²) in [5.41, 5.74) is 0.712. The van der Waals surface area contributed by atoms with Gasteiger partial charge in [0.05, 0.1) is 24.2 Å². The van der Waals surface area contributed by atoms with Gasteiger partial charge in [-0.1, -0.05) is 0 Å². The van der Waals surface area contributed by atoms with Crippen molar-refractivity contribution in [1.82, 2.24) is 9.29 Å². The lowest BCUT2D eigenvalue weighted by molar-refractivity contribution is 0.215. The summed E-state index contributed by atoms with van der Waals surface area (Å²) in [5, 5.41) is 5.12. The van der Waals surface area contributed by atoms with E-state index < -0.39 is 21.9 Å². The van der Waals surface area contributed by atoms with Gasteiger partial charge in [0.1, 0.15) is 17.7 Å². The smallest absolute Gasteiger partial charge is 0.323 e. The van der Waals surface area contributed by atoms with Crippen LogP contribution in [0.5, 0.6) is 5.75 Å². The number of halogens is 1. The van der Waals surface area contributed by atoms with Crippen molar-refractivity contribution in [3.05, 3.63) is 48.5 Å². The summed E-state index contributed by atoms with van der Waals surface area (Å²) in [7, 11) is -3.28. The first kappa shape index (κ1) is 20.0. The molecule has 28 heavy (non-hydrogen) atoms. The Morgan fingerprint density at radius 1 is 1.32 bits per heavy atom. The number of hydrogen-bond acceptors (Lipinski definition) is 5. The molecule has 8 nitrogen and oxygen atoms in total. The molecule has 0 radical (unpaired) electrons. The van der Waals surface area contributed by atoms with Crippen molar-refractivity contribution >= 4 is 27.4 Å². The third-order valence-electron chi connectivity index (χ3n) is 4.22. The third-order valence-corrected chi connectivity index (χ3v) is 6.07. The molecule has 2 amide bonds. The number of amides is 2. The van der Waals surface area contributed by atoms with Gasteiger partial charge in [0, 0.05) is 30.6 Å². The molecule has 1 aliphatic rings. The second-order valence-electron chi connectivity index (χ2n) is 6.28. The molecule has 2 aromatic rings. The number of rotatable bonds is 6. The Morgan fingerprint density at radius 3 is 2.82 bits per heavy atom. The monoisotopic (exact) mass is 408 g/mol. The van der Waals surface area contributed by atoms with Crippen molar-refractivity contribution in [3.63, 3.8) is 0 Å². The number of benzene rings is 1. The molecule has 2 N–H and O–H groups in total. The highest BCUT2D eigenvalue weighted by molar-refractivity contribution is 7.89. The number of nitrogens with zero attached hydrogens (tertiary/aromatic N) is 2. The standard InChI is InChI=1S/C18H21FN4O4S/c1-2-28(25,26)23-7-5-16(12-23)27-17-9-13(19)8-15(10-17)22-18(24)21-14-4-3-6-20-11-14/h3-4,6,8-11,16H,2,5,7,12H2,1H3,(H2,21,22,24)/t16-/m0/s1. The Morgan fingerprint density at radius 2 is 2.11 bits per heavy atom. The molecule has 1 saturated heterocycles. The number of carbonyl (C=O) groups excluding carboxylic acids is 1. The number of ether oxygens (including phenoxy) is 1. The highest BCUT2D eigenvalue weighted by Gasteiger charge is 2.31. The molecule has 150 valence electrons. The Bertz CT molecular complexity index is 940. The minimum absolute atomic E-state index is 0.0276. The summed E-state index contributed by atoms with van der Waals surface area (Å²) in [6, 6.07) is 6.64. The lowest BCUT2D eigenvalue weighted by atomic mass is 10.2. The molecular formula is C18H21FN4O4S. The maximum Gasteiger partial charge on any atom is 0.323 e. The highest BCUT2D eigenvalue weighted by Crippen LogP contribution is 2.25. The molecule has 1 fully saturated rings. The second kappa shape index (κ2) is 8.53. The minimum Gasteiger partial charge on any atom is -0.489 e. The summed E-state index contributed by atoms with van der Waals surface area (Å²) in [6.45, 7) is 2.18. The van der Waals surface area contributed by atoms with Gasteiger partial charge in [0.2, 0.25) is 10.0 Å². The van der Waals surface area contributed by atoms with Gasteiger partial charge < -0.3 is 15.4 Å². The Hall–Kier alpha value is -2.72. The normalized spacial score (nSPS) is 17.3. The van der Waals surface area contributed by atoms with E-state index in [9.17, 15) is 17.6 Å². The van der Waals surface area contributed by atoms with Gasteiger partial charge in [0.15, 0.2) is 0 Å². The van der Waals surface area contributed by atoms with Crippen LogP contribution in [-0.2, 0) is 10.0 Å².